The van der Waals surface area contributed by atoms with E-state index in [1.54, 1.807) is 0 Å². The van der Waals surface area contributed by atoms with Gasteiger partial charge in [-0.3, -0.25) is 0 Å². The lowest BCUT2D eigenvalue weighted by Gasteiger charge is -2.40. The molecular weight excluding hydrogens is 282 g/mol. The lowest BCUT2D eigenvalue weighted by Crippen LogP contribution is -2.42. The molecule has 2 heteroatoms. The van der Waals surface area contributed by atoms with Crippen LogP contribution in [0.4, 0.5) is 5.69 Å². The highest BCUT2D eigenvalue weighted by molar-refractivity contribution is 6.06. The molecule has 5 rings (SSSR count). The Balaban J connectivity index is 1.73. The van der Waals surface area contributed by atoms with E-state index in [-0.39, 0.29) is 0 Å². The second kappa shape index (κ2) is 4.31. The Bertz CT molecular complexity index is 924. The van der Waals surface area contributed by atoms with E-state index in [9.17, 15) is 0 Å². The average molecular weight is 305 g/mol. The van der Waals surface area contributed by atoms with Gasteiger partial charge in [-0.2, -0.15) is 0 Å². The maximum atomic E-state index is 6.04. The molecule has 1 aliphatic carbocycles. The second-order valence-corrected chi connectivity index (χ2v) is 7.87. The molecule has 3 aromatic rings. The summed E-state index contributed by atoms with van der Waals surface area (Å²) in [6.45, 7) is 7.11. The van der Waals surface area contributed by atoms with Crippen LogP contribution in [0, 0.1) is 12.3 Å². The second-order valence-electron chi connectivity index (χ2n) is 7.87. The quantitative estimate of drug-likeness (QED) is 0.576. The summed E-state index contributed by atoms with van der Waals surface area (Å²) < 4.78 is 6.04. The lowest BCUT2D eigenvalue weighted by atomic mass is 9.82. The number of hydrogen-bond donors (Lipinski definition) is 0. The molecule has 2 fully saturated rings. The number of furan rings is 1. The van der Waals surface area contributed by atoms with Crippen LogP contribution < -0.4 is 4.90 Å². The molecule has 1 saturated carbocycles. The highest BCUT2D eigenvalue weighted by atomic mass is 16.3. The number of anilines is 1. The van der Waals surface area contributed by atoms with Crippen molar-refractivity contribution in [3.05, 3.63) is 42.0 Å². The molecule has 23 heavy (non-hydrogen) atoms. The van der Waals surface area contributed by atoms with E-state index < -0.39 is 0 Å². The molecule has 118 valence electrons. The number of aryl methyl sites for hydroxylation is 1. The first-order valence-electron chi connectivity index (χ1n) is 8.77. The predicted molar refractivity (Wildman–Crippen MR) is 96.1 cm³/mol. The Hall–Kier alpha value is -1.96. The molecule has 2 bridgehead atoms. The van der Waals surface area contributed by atoms with E-state index in [0.717, 1.165) is 11.2 Å². The van der Waals surface area contributed by atoms with Crippen LogP contribution in [-0.2, 0) is 0 Å². The van der Waals surface area contributed by atoms with Gasteiger partial charge in [0.15, 0.2) is 0 Å². The van der Waals surface area contributed by atoms with Crippen LogP contribution in [0.25, 0.3) is 21.9 Å². The first-order chi connectivity index (χ1) is 11.1. The van der Waals surface area contributed by atoms with Crippen LogP contribution >= 0.6 is 0 Å². The Kier molecular flexibility index (Phi) is 2.53. The third kappa shape index (κ3) is 1.69. The van der Waals surface area contributed by atoms with Gasteiger partial charge in [0, 0.05) is 28.5 Å². The summed E-state index contributed by atoms with van der Waals surface area (Å²) in [5, 5.41) is 2.48. The van der Waals surface area contributed by atoms with Gasteiger partial charge in [-0.05, 0) is 62.3 Å². The molecule has 1 aromatic heterocycles. The molecule has 0 N–H and O–H groups in total. The van der Waals surface area contributed by atoms with Crippen molar-refractivity contribution >= 4 is 27.6 Å². The topological polar surface area (TPSA) is 16.4 Å². The number of fused-ring (bicyclic) bond motifs is 5. The van der Waals surface area contributed by atoms with Crippen LogP contribution in [0.5, 0.6) is 0 Å². The molecule has 3 unspecified atom stereocenters. The first-order valence-corrected chi connectivity index (χ1v) is 8.77. The number of hydrogen-bond acceptors (Lipinski definition) is 2. The third-order valence-electron chi connectivity index (χ3n) is 6.54. The van der Waals surface area contributed by atoms with Crippen molar-refractivity contribution in [1.29, 1.82) is 0 Å². The van der Waals surface area contributed by atoms with Crippen molar-refractivity contribution in [1.82, 2.24) is 0 Å². The molecular formula is C21H23NO. The van der Waals surface area contributed by atoms with E-state index in [2.05, 4.69) is 56.0 Å². The number of nitrogens with zero attached hydrogens (tertiary/aromatic N) is 1. The molecule has 1 aliphatic heterocycles. The summed E-state index contributed by atoms with van der Waals surface area (Å²) in [5.41, 5.74) is 5.23. The molecule has 2 aliphatic rings. The zero-order valence-corrected chi connectivity index (χ0v) is 14.1. The molecule has 2 heterocycles. The van der Waals surface area contributed by atoms with Crippen LogP contribution in [0.1, 0.15) is 38.7 Å². The molecule has 0 spiro atoms. The molecule has 0 amide bonds. The summed E-state index contributed by atoms with van der Waals surface area (Å²) in [6.07, 6.45) is 4.06. The Morgan fingerprint density at radius 2 is 1.96 bits per heavy atom. The first kappa shape index (κ1) is 13.5. The van der Waals surface area contributed by atoms with Gasteiger partial charge in [-0.15, -0.1) is 0 Å². The molecule has 3 atom stereocenters. The fourth-order valence-electron chi connectivity index (χ4n) is 5.05. The minimum atomic E-state index is 0.491. The van der Waals surface area contributed by atoms with Crippen LogP contribution in [-0.4, -0.2) is 12.1 Å². The number of piperidine rings is 1. The van der Waals surface area contributed by atoms with Gasteiger partial charge < -0.3 is 9.32 Å². The highest BCUT2D eigenvalue weighted by Gasteiger charge is 2.51. The van der Waals surface area contributed by atoms with Gasteiger partial charge in [-0.25, -0.2) is 0 Å². The summed E-state index contributed by atoms with van der Waals surface area (Å²) in [5.74, 6) is 0. The molecule has 2 aromatic carbocycles. The highest BCUT2D eigenvalue weighted by Crippen LogP contribution is 2.54. The smallest absolute Gasteiger partial charge is 0.135 e. The van der Waals surface area contributed by atoms with Crippen LogP contribution in [0.3, 0.4) is 0 Å². The van der Waals surface area contributed by atoms with Crippen LogP contribution in [0.2, 0.25) is 0 Å². The van der Waals surface area contributed by atoms with E-state index >= 15 is 0 Å². The molecule has 1 saturated heterocycles. The van der Waals surface area contributed by atoms with E-state index in [4.69, 9.17) is 4.42 Å². The van der Waals surface area contributed by atoms with Gasteiger partial charge in [0.05, 0.1) is 0 Å². The van der Waals surface area contributed by atoms with Gasteiger partial charge in [-0.1, -0.05) is 25.1 Å². The zero-order valence-electron chi connectivity index (χ0n) is 14.1. The Labute approximate surface area is 137 Å². The van der Waals surface area contributed by atoms with Crippen molar-refractivity contribution in [2.75, 3.05) is 4.90 Å². The normalized spacial score (nSPS) is 30.0. The SMILES string of the molecule is Cc1cc2oc3ccccc3c2cc1N1C2CCC(C)(C2)C1C. The van der Waals surface area contributed by atoms with E-state index in [1.807, 2.05) is 6.07 Å². The third-order valence-corrected chi connectivity index (χ3v) is 6.54. The number of para-hydroxylation sites is 1. The van der Waals surface area contributed by atoms with Crippen molar-refractivity contribution in [2.45, 2.75) is 52.1 Å². The fourth-order valence-corrected chi connectivity index (χ4v) is 5.05. The van der Waals surface area contributed by atoms with Crippen molar-refractivity contribution in [3.63, 3.8) is 0 Å². The summed E-state index contributed by atoms with van der Waals surface area (Å²) >= 11 is 0. The van der Waals surface area contributed by atoms with Gasteiger partial charge >= 0.3 is 0 Å². The fraction of sp³-hybridized carbons (Fsp3) is 0.429. The van der Waals surface area contributed by atoms with E-state index in [1.165, 1.54) is 41.3 Å². The predicted octanol–water partition coefficient (Wildman–Crippen LogP) is 5.66. The monoisotopic (exact) mass is 305 g/mol. The molecule has 0 radical (unpaired) electrons. The summed E-state index contributed by atoms with van der Waals surface area (Å²) in [7, 11) is 0. The van der Waals surface area contributed by atoms with E-state index in [0.29, 0.717) is 17.5 Å². The standard InChI is InChI=1S/C21H23NO/c1-13-10-20-17(16-6-4-5-7-19(16)23-20)11-18(13)22-14(2)21(3)9-8-15(22)12-21/h4-7,10-11,14-15H,8-9,12H2,1-3H3. The minimum Gasteiger partial charge on any atom is -0.456 e. The maximum Gasteiger partial charge on any atom is 0.135 e. The van der Waals surface area contributed by atoms with Gasteiger partial charge in [0.1, 0.15) is 11.2 Å². The maximum absolute atomic E-state index is 6.04. The average Bonchev–Trinajstić information content (AvgIpc) is 3.15. The summed E-state index contributed by atoms with van der Waals surface area (Å²) in [4.78, 5) is 2.69. The minimum absolute atomic E-state index is 0.491. The van der Waals surface area contributed by atoms with Gasteiger partial charge in [0.2, 0.25) is 0 Å². The van der Waals surface area contributed by atoms with Crippen molar-refractivity contribution in [3.8, 4) is 0 Å². The van der Waals surface area contributed by atoms with Crippen molar-refractivity contribution in [2.24, 2.45) is 5.41 Å². The Morgan fingerprint density at radius 3 is 2.74 bits per heavy atom. The summed E-state index contributed by atoms with van der Waals surface area (Å²) in [6, 6.07) is 14.3. The molecule has 2 nitrogen and oxygen atoms in total. The van der Waals surface area contributed by atoms with Crippen molar-refractivity contribution < 1.29 is 4.42 Å². The lowest BCUT2D eigenvalue weighted by molar-refractivity contribution is 0.295. The largest absolute Gasteiger partial charge is 0.456 e. The van der Waals surface area contributed by atoms with Gasteiger partial charge in [0.25, 0.3) is 0 Å². The zero-order chi connectivity index (χ0) is 15.8. The number of benzene rings is 2. The van der Waals surface area contributed by atoms with Crippen LogP contribution in [0.15, 0.2) is 40.8 Å². The Morgan fingerprint density at radius 1 is 1.13 bits per heavy atom. The number of rotatable bonds is 1.